The molecule has 0 fully saturated rings. The van der Waals surface area contributed by atoms with Gasteiger partial charge in [0.15, 0.2) is 0 Å². The summed E-state index contributed by atoms with van der Waals surface area (Å²) in [5.74, 6) is 0. The van der Waals surface area contributed by atoms with Gasteiger partial charge in [0.2, 0.25) is 6.93 Å². The average Bonchev–Trinajstić information content (AvgIpc) is 2.17. The fourth-order valence-electron chi connectivity index (χ4n) is 0.325. The summed E-state index contributed by atoms with van der Waals surface area (Å²) in [6, 6.07) is 0. The van der Waals surface area contributed by atoms with Gasteiger partial charge in [0.05, 0.1) is 5.69 Å². The van der Waals surface area contributed by atoms with Gasteiger partial charge in [0, 0.05) is 5.38 Å². The fraction of sp³-hybridized carbons (Fsp3) is 0.400. The van der Waals surface area contributed by atoms with Crippen LogP contribution in [0, 0.1) is 12.2 Å². The summed E-state index contributed by atoms with van der Waals surface area (Å²) in [5, 5.41) is 1.33. The van der Waals surface area contributed by atoms with Crippen LogP contribution in [0.2, 0.25) is 0 Å². The molecule has 5 heteroatoms. The maximum atomic E-state index is 11.8. The molecule has 0 radical (unpaired) electrons. The van der Waals surface area contributed by atoms with Gasteiger partial charge in [0.1, 0.15) is 0 Å². The van der Waals surface area contributed by atoms with Crippen molar-refractivity contribution in [1.29, 1.82) is 0 Å². The van der Waals surface area contributed by atoms with Crippen molar-refractivity contribution in [2.45, 2.75) is 6.92 Å². The van der Waals surface area contributed by atoms with Crippen molar-refractivity contribution in [3.05, 3.63) is 16.3 Å². The van der Waals surface area contributed by atoms with Crippen molar-refractivity contribution in [2.24, 2.45) is 0 Å². The van der Waals surface area contributed by atoms with Gasteiger partial charge in [-0.05, 0) is 6.92 Å². The number of nitrogens with zero attached hydrogens (tertiary/aromatic N) is 1. The van der Waals surface area contributed by atoms with E-state index in [9.17, 15) is 13.2 Å². The smallest absolute Gasteiger partial charge is 0.215 e. The predicted molar refractivity (Wildman–Crippen MR) is 33.9 cm³/mol. The third kappa shape index (κ3) is 4.31. The highest BCUT2D eigenvalue weighted by Gasteiger charge is 1.90. The number of aromatic nitrogens is 1. The molecule has 0 amide bonds. The molecule has 0 bridgehead atoms. The minimum Gasteiger partial charge on any atom is -0.215 e. The van der Waals surface area contributed by atoms with Crippen LogP contribution < -0.4 is 0 Å². The van der Waals surface area contributed by atoms with E-state index < -0.39 is 6.93 Å². The number of rotatable bonds is 0. The monoisotopic (exact) mass is 169 g/mol. The molecule has 0 atom stereocenters. The Balaban J connectivity index is 0.000000236. The number of thiazole rings is 1. The molecular formula is C5H6F3NS. The van der Waals surface area contributed by atoms with Crippen molar-refractivity contribution in [3.63, 3.8) is 0 Å². The normalized spacial score (nSPS) is 8.40. The molecule has 1 aromatic heterocycles. The second-order valence-electron chi connectivity index (χ2n) is 1.34. The SMILES string of the molecule is Cc1csc(F)n1.FCF. The molecule has 58 valence electrons. The fourth-order valence-corrected chi connectivity index (χ4v) is 0.842. The molecule has 1 nitrogen and oxygen atoms in total. The molecule has 0 saturated carbocycles. The highest BCUT2D eigenvalue weighted by molar-refractivity contribution is 7.07. The summed E-state index contributed by atoms with van der Waals surface area (Å²) in [4.78, 5) is 3.46. The third-order valence-electron chi connectivity index (χ3n) is 0.591. The summed E-state index contributed by atoms with van der Waals surface area (Å²) >= 11 is 1.03. The summed E-state index contributed by atoms with van der Waals surface area (Å²) in [5.41, 5.74) is 0.752. The standard InChI is InChI=1S/C4H4FNS.CH2F2/c1-3-2-7-4(5)6-3;2-1-3/h2H,1H3;1H2. The van der Waals surface area contributed by atoms with Crippen LogP contribution in [0.1, 0.15) is 5.69 Å². The van der Waals surface area contributed by atoms with Crippen LogP contribution in [-0.4, -0.2) is 11.9 Å². The van der Waals surface area contributed by atoms with Gasteiger partial charge in [-0.3, -0.25) is 0 Å². The van der Waals surface area contributed by atoms with Crippen molar-refractivity contribution >= 4 is 11.3 Å². The van der Waals surface area contributed by atoms with Crippen molar-refractivity contribution < 1.29 is 13.2 Å². The van der Waals surface area contributed by atoms with E-state index in [1.807, 2.05) is 0 Å². The van der Waals surface area contributed by atoms with E-state index in [4.69, 9.17) is 0 Å². The van der Waals surface area contributed by atoms with Crippen LogP contribution >= 0.6 is 11.3 Å². The number of hydrogen-bond donors (Lipinski definition) is 0. The zero-order valence-corrected chi connectivity index (χ0v) is 6.09. The van der Waals surface area contributed by atoms with Gasteiger partial charge in [-0.2, -0.15) is 4.39 Å². The van der Waals surface area contributed by atoms with Gasteiger partial charge < -0.3 is 0 Å². The molecular weight excluding hydrogens is 163 g/mol. The van der Waals surface area contributed by atoms with Gasteiger partial charge >= 0.3 is 0 Å². The topological polar surface area (TPSA) is 12.9 Å². The van der Waals surface area contributed by atoms with Gasteiger partial charge in [-0.1, -0.05) is 11.3 Å². The molecule has 0 spiro atoms. The molecule has 0 aliphatic rings. The summed E-state index contributed by atoms with van der Waals surface area (Å²) in [7, 11) is 0. The number of aryl methyl sites for hydroxylation is 1. The Morgan fingerprint density at radius 3 is 2.20 bits per heavy atom. The second kappa shape index (κ2) is 5.22. The van der Waals surface area contributed by atoms with Gasteiger partial charge in [-0.25, -0.2) is 13.8 Å². The van der Waals surface area contributed by atoms with Crippen molar-refractivity contribution in [1.82, 2.24) is 4.98 Å². The number of hydrogen-bond acceptors (Lipinski definition) is 2. The lowest BCUT2D eigenvalue weighted by atomic mass is 10.6. The van der Waals surface area contributed by atoms with Gasteiger partial charge in [-0.15, -0.1) is 0 Å². The van der Waals surface area contributed by atoms with E-state index in [1.165, 1.54) is 0 Å². The zero-order chi connectivity index (χ0) is 7.98. The first kappa shape index (κ1) is 9.42. The average molecular weight is 169 g/mol. The Labute approximate surface area is 60.5 Å². The molecule has 0 aliphatic carbocycles. The molecule has 0 saturated heterocycles. The lowest BCUT2D eigenvalue weighted by Crippen LogP contribution is -1.67. The molecule has 1 rings (SSSR count). The number of alkyl halides is 2. The summed E-state index contributed by atoms with van der Waals surface area (Å²) in [6.45, 7) is 0.0135. The first-order valence-corrected chi connectivity index (χ1v) is 3.28. The Hall–Kier alpha value is -0.580. The molecule has 1 aromatic rings. The third-order valence-corrected chi connectivity index (χ3v) is 1.34. The van der Waals surface area contributed by atoms with Crippen molar-refractivity contribution in [3.8, 4) is 0 Å². The quantitative estimate of drug-likeness (QED) is 0.581. The Bertz CT molecular complexity index is 161. The lowest BCUT2D eigenvalue weighted by molar-refractivity contribution is 0.295. The van der Waals surface area contributed by atoms with E-state index in [1.54, 1.807) is 12.3 Å². The maximum Gasteiger partial charge on any atom is 0.269 e. The lowest BCUT2D eigenvalue weighted by Gasteiger charge is -1.67. The second-order valence-corrected chi connectivity index (χ2v) is 2.15. The van der Waals surface area contributed by atoms with E-state index >= 15 is 0 Å². The number of halogens is 3. The van der Waals surface area contributed by atoms with Crippen LogP contribution in [0.3, 0.4) is 0 Å². The van der Waals surface area contributed by atoms with E-state index in [0.717, 1.165) is 17.0 Å². The van der Waals surface area contributed by atoms with Crippen LogP contribution in [0.25, 0.3) is 0 Å². The minimum absolute atomic E-state index is 0.350. The van der Waals surface area contributed by atoms with E-state index in [2.05, 4.69) is 4.98 Å². The van der Waals surface area contributed by atoms with Crippen LogP contribution in [0.15, 0.2) is 5.38 Å². The Morgan fingerprint density at radius 1 is 1.60 bits per heavy atom. The van der Waals surface area contributed by atoms with Crippen LogP contribution in [0.4, 0.5) is 13.2 Å². The first-order chi connectivity index (χ1) is 4.70. The Kier molecular flexibility index (Phi) is 4.92. The Morgan fingerprint density at radius 2 is 2.10 bits per heavy atom. The summed E-state index contributed by atoms with van der Waals surface area (Å²) in [6.07, 6.45) is 0. The first-order valence-electron chi connectivity index (χ1n) is 2.40. The zero-order valence-electron chi connectivity index (χ0n) is 5.27. The molecule has 0 aliphatic heterocycles. The summed E-state index contributed by atoms with van der Waals surface area (Å²) < 4.78 is 31.1. The van der Waals surface area contributed by atoms with Crippen molar-refractivity contribution in [2.75, 3.05) is 6.93 Å². The molecule has 0 aromatic carbocycles. The van der Waals surface area contributed by atoms with Crippen LogP contribution in [-0.2, 0) is 0 Å². The highest BCUT2D eigenvalue weighted by atomic mass is 32.1. The van der Waals surface area contributed by atoms with Gasteiger partial charge in [0.25, 0.3) is 5.26 Å². The minimum atomic E-state index is -1.75. The molecule has 1 heterocycles. The van der Waals surface area contributed by atoms with E-state index in [0.29, 0.717) is 0 Å². The molecule has 10 heavy (non-hydrogen) atoms. The van der Waals surface area contributed by atoms with E-state index in [-0.39, 0.29) is 5.26 Å². The largest absolute Gasteiger partial charge is 0.269 e. The molecule has 0 unspecified atom stereocenters. The maximum absolute atomic E-state index is 11.8. The highest BCUT2D eigenvalue weighted by Crippen LogP contribution is 2.04. The predicted octanol–water partition coefficient (Wildman–Crippen LogP) is 2.47. The molecule has 0 N–H and O–H groups in total. The van der Waals surface area contributed by atoms with Crippen LogP contribution in [0.5, 0.6) is 0 Å².